The monoisotopic (exact) mass is 352 g/mol. The number of carbonyl (C=O) groups excluding carboxylic acids is 1. The molecule has 0 saturated heterocycles. The zero-order valence-electron chi connectivity index (χ0n) is 16.1. The number of ketones is 1. The summed E-state index contributed by atoms with van der Waals surface area (Å²) >= 11 is 0. The van der Waals surface area contributed by atoms with Gasteiger partial charge < -0.3 is 0 Å². The number of carbonyl (C=O) groups is 1. The summed E-state index contributed by atoms with van der Waals surface area (Å²) in [7, 11) is 0. The van der Waals surface area contributed by atoms with Gasteiger partial charge in [-0.2, -0.15) is 0 Å². The summed E-state index contributed by atoms with van der Waals surface area (Å²) < 4.78 is 0. The Bertz CT molecular complexity index is 1080. The van der Waals surface area contributed by atoms with Crippen molar-refractivity contribution in [2.75, 3.05) is 0 Å². The maximum absolute atomic E-state index is 13.4. The fourth-order valence-electron chi connectivity index (χ4n) is 3.89. The Balaban J connectivity index is 1.98. The minimum atomic E-state index is 0.0427. The lowest BCUT2D eigenvalue weighted by Gasteiger charge is -2.23. The Hall–Kier alpha value is -2.93. The van der Waals surface area contributed by atoms with Crippen molar-refractivity contribution in [2.45, 2.75) is 27.2 Å². The van der Waals surface area contributed by atoms with Crippen molar-refractivity contribution in [3.05, 3.63) is 101 Å². The van der Waals surface area contributed by atoms with Crippen LogP contribution in [0.25, 0.3) is 16.3 Å². The third-order valence-electron chi connectivity index (χ3n) is 5.23. The zero-order chi connectivity index (χ0) is 19.0. The Morgan fingerprint density at radius 1 is 0.852 bits per heavy atom. The zero-order valence-corrected chi connectivity index (χ0v) is 16.1. The van der Waals surface area contributed by atoms with Crippen molar-refractivity contribution >= 4 is 22.1 Å². The SMILES string of the molecule is CC(C)(C)C1=C(c2cc3ccccc3cc2C(=O)c2ccccc2)CC=C1. The number of allylic oxidation sites excluding steroid dienone is 4. The fourth-order valence-corrected chi connectivity index (χ4v) is 3.89. The molecule has 0 amide bonds. The highest BCUT2D eigenvalue weighted by Crippen LogP contribution is 2.41. The van der Waals surface area contributed by atoms with Crippen LogP contribution in [0.5, 0.6) is 0 Å². The number of benzene rings is 3. The van der Waals surface area contributed by atoms with Gasteiger partial charge in [0.15, 0.2) is 5.78 Å². The van der Waals surface area contributed by atoms with Crippen LogP contribution in [0.15, 0.2) is 84.5 Å². The highest BCUT2D eigenvalue weighted by atomic mass is 16.1. The van der Waals surface area contributed by atoms with Crippen LogP contribution in [-0.2, 0) is 0 Å². The molecule has 0 aromatic heterocycles. The van der Waals surface area contributed by atoms with E-state index in [0.29, 0.717) is 0 Å². The van der Waals surface area contributed by atoms with Gasteiger partial charge in [0.2, 0.25) is 0 Å². The number of rotatable bonds is 3. The lowest BCUT2D eigenvalue weighted by Crippen LogP contribution is -2.11. The molecule has 0 fully saturated rings. The summed E-state index contributed by atoms with van der Waals surface area (Å²) in [5.41, 5.74) is 5.23. The number of hydrogen-bond donors (Lipinski definition) is 0. The van der Waals surface area contributed by atoms with Gasteiger partial charge in [-0.25, -0.2) is 0 Å². The molecule has 1 aliphatic carbocycles. The van der Waals surface area contributed by atoms with E-state index in [4.69, 9.17) is 0 Å². The molecule has 1 aliphatic rings. The molecule has 0 saturated carbocycles. The minimum Gasteiger partial charge on any atom is -0.289 e. The van der Waals surface area contributed by atoms with Crippen molar-refractivity contribution in [2.24, 2.45) is 5.41 Å². The fraction of sp³-hybridized carbons (Fsp3) is 0.192. The van der Waals surface area contributed by atoms with E-state index in [-0.39, 0.29) is 11.2 Å². The maximum Gasteiger partial charge on any atom is 0.193 e. The first-order valence-corrected chi connectivity index (χ1v) is 9.48. The van der Waals surface area contributed by atoms with Crippen molar-refractivity contribution in [3.63, 3.8) is 0 Å². The second kappa shape index (κ2) is 6.66. The minimum absolute atomic E-state index is 0.0427. The molecule has 0 aliphatic heterocycles. The first kappa shape index (κ1) is 17.5. The van der Waals surface area contributed by atoms with E-state index in [9.17, 15) is 4.79 Å². The maximum atomic E-state index is 13.4. The van der Waals surface area contributed by atoms with Gasteiger partial charge in [0, 0.05) is 11.1 Å². The van der Waals surface area contributed by atoms with E-state index in [1.807, 2.05) is 36.4 Å². The Kier molecular flexibility index (Phi) is 4.31. The first-order valence-electron chi connectivity index (χ1n) is 9.48. The van der Waals surface area contributed by atoms with E-state index >= 15 is 0 Å². The largest absolute Gasteiger partial charge is 0.289 e. The van der Waals surface area contributed by atoms with Crippen LogP contribution in [0.3, 0.4) is 0 Å². The van der Waals surface area contributed by atoms with Crippen molar-refractivity contribution in [1.29, 1.82) is 0 Å². The summed E-state index contributed by atoms with van der Waals surface area (Å²) in [6, 6.07) is 22.1. The summed E-state index contributed by atoms with van der Waals surface area (Å²) in [4.78, 5) is 13.4. The molecule has 0 heterocycles. The Morgan fingerprint density at radius 2 is 1.48 bits per heavy atom. The summed E-state index contributed by atoms with van der Waals surface area (Å²) in [5, 5.41) is 2.27. The van der Waals surface area contributed by atoms with E-state index in [1.54, 1.807) is 0 Å². The molecule has 0 bridgehead atoms. The summed E-state index contributed by atoms with van der Waals surface area (Å²) in [5.74, 6) is 0.0870. The first-order chi connectivity index (χ1) is 12.9. The Labute approximate surface area is 161 Å². The van der Waals surface area contributed by atoms with Gasteiger partial charge in [0.25, 0.3) is 0 Å². The number of fused-ring (bicyclic) bond motifs is 1. The smallest absolute Gasteiger partial charge is 0.193 e. The van der Waals surface area contributed by atoms with E-state index in [0.717, 1.165) is 28.5 Å². The predicted molar refractivity (Wildman–Crippen MR) is 114 cm³/mol. The van der Waals surface area contributed by atoms with Crippen LogP contribution in [0.1, 0.15) is 48.7 Å². The van der Waals surface area contributed by atoms with Crippen molar-refractivity contribution in [3.8, 4) is 0 Å². The molecule has 27 heavy (non-hydrogen) atoms. The normalized spacial score (nSPS) is 14.2. The molecular weight excluding hydrogens is 328 g/mol. The lowest BCUT2D eigenvalue weighted by atomic mass is 9.81. The van der Waals surface area contributed by atoms with Gasteiger partial charge in [-0.3, -0.25) is 4.79 Å². The summed E-state index contributed by atoms with van der Waals surface area (Å²) in [6.07, 6.45) is 5.31. The molecule has 4 rings (SSSR count). The van der Waals surface area contributed by atoms with Gasteiger partial charge in [0.1, 0.15) is 0 Å². The van der Waals surface area contributed by atoms with Crippen molar-refractivity contribution < 1.29 is 4.79 Å². The Morgan fingerprint density at radius 3 is 2.15 bits per heavy atom. The molecule has 0 N–H and O–H groups in total. The molecule has 0 radical (unpaired) electrons. The molecule has 3 aromatic carbocycles. The molecule has 1 nitrogen and oxygen atoms in total. The third kappa shape index (κ3) is 3.26. The average Bonchev–Trinajstić information content (AvgIpc) is 3.17. The average molecular weight is 352 g/mol. The molecule has 0 spiro atoms. The van der Waals surface area contributed by atoms with Crippen LogP contribution in [0.4, 0.5) is 0 Å². The van der Waals surface area contributed by atoms with Crippen LogP contribution < -0.4 is 0 Å². The summed E-state index contributed by atoms with van der Waals surface area (Å²) in [6.45, 7) is 6.70. The van der Waals surface area contributed by atoms with Gasteiger partial charge in [0.05, 0.1) is 0 Å². The second-order valence-corrected chi connectivity index (χ2v) is 8.19. The van der Waals surface area contributed by atoms with E-state index in [2.05, 4.69) is 63.3 Å². The molecular formula is C26H24O. The van der Waals surface area contributed by atoms with Crippen LogP contribution in [0.2, 0.25) is 0 Å². The van der Waals surface area contributed by atoms with Crippen molar-refractivity contribution in [1.82, 2.24) is 0 Å². The lowest BCUT2D eigenvalue weighted by molar-refractivity contribution is 0.103. The van der Waals surface area contributed by atoms with Crippen LogP contribution >= 0.6 is 0 Å². The molecule has 0 unspecified atom stereocenters. The van der Waals surface area contributed by atoms with E-state index < -0.39 is 0 Å². The highest BCUT2D eigenvalue weighted by Gasteiger charge is 2.25. The van der Waals surface area contributed by atoms with E-state index in [1.165, 1.54) is 16.5 Å². The molecule has 1 heteroatoms. The number of hydrogen-bond acceptors (Lipinski definition) is 1. The van der Waals surface area contributed by atoms with Gasteiger partial charge in [-0.1, -0.05) is 87.5 Å². The molecule has 134 valence electrons. The molecule has 3 aromatic rings. The van der Waals surface area contributed by atoms with Gasteiger partial charge >= 0.3 is 0 Å². The standard InChI is InChI=1S/C26H24O/c1-26(2,3)24-15-9-14-21(24)22-16-19-12-7-8-13-20(19)17-23(22)25(27)18-10-5-4-6-11-18/h4-13,15-17H,14H2,1-3H3. The van der Waals surface area contributed by atoms with Gasteiger partial charge in [-0.05, 0) is 51.5 Å². The highest BCUT2D eigenvalue weighted by molar-refractivity contribution is 6.14. The third-order valence-corrected chi connectivity index (χ3v) is 5.23. The molecule has 0 atom stereocenters. The predicted octanol–water partition coefficient (Wildman–Crippen LogP) is 6.83. The quantitative estimate of drug-likeness (QED) is 0.472. The second-order valence-electron chi connectivity index (χ2n) is 8.19. The van der Waals surface area contributed by atoms with Crippen LogP contribution in [0, 0.1) is 5.41 Å². The van der Waals surface area contributed by atoms with Crippen LogP contribution in [-0.4, -0.2) is 5.78 Å². The topological polar surface area (TPSA) is 17.1 Å². The van der Waals surface area contributed by atoms with Gasteiger partial charge in [-0.15, -0.1) is 0 Å².